The van der Waals surface area contributed by atoms with Crippen molar-refractivity contribution < 1.29 is 4.39 Å². The van der Waals surface area contributed by atoms with Crippen LogP contribution >= 0.6 is 0 Å². The second kappa shape index (κ2) is 6.61. The van der Waals surface area contributed by atoms with Crippen LogP contribution in [0.5, 0.6) is 0 Å². The van der Waals surface area contributed by atoms with Crippen molar-refractivity contribution in [2.45, 2.75) is 19.9 Å². The highest BCUT2D eigenvalue weighted by Gasteiger charge is 2.09. The smallest absolute Gasteiger partial charge is 0.127 e. The van der Waals surface area contributed by atoms with E-state index < -0.39 is 0 Å². The Balaban J connectivity index is 2.71. The van der Waals surface area contributed by atoms with Crippen molar-refractivity contribution in [3.05, 3.63) is 35.1 Å². The van der Waals surface area contributed by atoms with Gasteiger partial charge in [0.05, 0.1) is 0 Å². The molecule has 0 amide bonds. The molecular formula is C13H21FN2. The van der Waals surface area contributed by atoms with Crippen molar-refractivity contribution in [2.75, 3.05) is 27.2 Å². The molecule has 0 aliphatic carbocycles. The second-order valence-electron chi connectivity index (χ2n) is 4.07. The Morgan fingerprint density at radius 3 is 2.75 bits per heavy atom. The third kappa shape index (κ3) is 3.58. The Hall–Kier alpha value is -0.930. The number of rotatable bonds is 6. The predicted octanol–water partition coefficient (Wildman–Crippen LogP) is 2.04. The molecule has 1 N–H and O–H groups in total. The lowest BCUT2D eigenvalue weighted by atomic mass is 10.0. The van der Waals surface area contributed by atoms with Crippen LogP contribution in [0.15, 0.2) is 18.2 Å². The summed E-state index contributed by atoms with van der Waals surface area (Å²) < 4.78 is 13.7. The van der Waals surface area contributed by atoms with Crippen molar-refractivity contribution >= 4 is 0 Å². The SMILES string of the molecule is CCc1cccc(F)c1CN(C)CCNC. The fraction of sp³-hybridized carbons (Fsp3) is 0.538. The number of halogens is 1. The minimum Gasteiger partial charge on any atom is -0.318 e. The van der Waals surface area contributed by atoms with Crippen LogP contribution in [0.3, 0.4) is 0 Å². The molecule has 0 spiro atoms. The van der Waals surface area contributed by atoms with Crippen LogP contribution in [0.4, 0.5) is 4.39 Å². The first-order valence-electron chi connectivity index (χ1n) is 5.78. The molecule has 0 heterocycles. The largest absolute Gasteiger partial charge is 0.318 e. The lowest BCUT2D eigenvalue weighted by molar-refractivity contribution is 0.321. The highest BCUT2D eigenvalue weighted by atomic mass is 19.1. The van der Waals surface area contributed by atoms with Gasteiger partial charge in [0.1, 0.15) is 5.82 Å². The van der Waals surface area contributed by atoms with Gasteiger partial charge < -0.3 is 10.2 Å². The number of likely N-dealkylation sites (N-methyl/N-ethyl adjacent to an activating group) is 2. The Kier molecular flexibility index (Phi) is 5.43. The zero-order chi connectivity index (χ0) is 12.0. The van der Waals surface area contributed by atoms with Crippen molar-refractivity contribution in [3.8, 4) is 0 Å². The molecule has 0 bridgehead atoms. The van der Waals surface area contributed by atoms with Crippen LogP contribution in [-0.4, -0.2) is 32.1 Å². The fourth-order valence-corrected chi connectivity index (χ4v) is 1.76. The van der Waals surface area contributed by atoms with E-state index in [1.165, 1.54) is 0 Å². The number of hydrogen-bond acceptors (Lipinski definition) is 2. The summed E-state index contributed by atoms with van der Waals surface area (Å²) in [6, 6.07) is 5.33. The summed E-state index contributed by atoms with van der Waals surface area (Å²) in [5, 5.41) is 3.09. The van der Waals surface area contributed by atoms with Gasteiger partial charge in [0.2, 0.25) is 0 Å². The molecule has 0 aliphatic heterocycles. The second-order valence-corrected chi connectivity index (χ2v) is 4.07. The molecule has 90 valence electrons. The number of nitrogens with one attached hydrogen (secondary N) is 1. The first kappa shape index (κ1) is 13.1. The Bertz CT molecular complexity index is 326. The van der Waals surface area contributed by atoms with E-state index in [0.29, 0.717) is 6.54 Å². The maximum atomic E-state index is 13.7. The normalized spacial score (nSPS) is 11.1. The topological polar surface area (TPSA) is 15.3 Å². The van der Waals surface area contributed by atoms with Crippen molar-refractivity contribution in [3.63, 3.8) is 0 Å². The van der Waals surface area contributed by atoms with Crippen LogP contribution in [0.2, 0.25) is 0 Å². The third-order valence-corrected chi connectivity index (χ3v) is 2.77. The van der Waals surface area contributed by atoms with E-state index in [1.54, 1.807) is 12.1 Å². The molecule has 0 radical (unpaired) electrons. The van der Waals surface area contributed by atoms with Crippen LogP contribution < -0.4 is 5.32 Å². The molecule has 0 unspecified atom stereocenters. The number of aryl methyl sites for hydroxylation is 1. The minimum absolute atomic E-state index is 0.0874. The zero-order valence-electron chi connectivity index (χ0n) is 10.4. The predicted molar refractivity (Wildman–Crippen MR) is 66.0 cm³/mol. The van der Waals surface area contributed by atoms with Gasteiger partial charge in [0.15, 0.2) is 0 Å². The van der Waals surface area contributed by atoms with E-state index >= 15 is 0 Å². The van der Waals surface area contributed by atoms with E-state index in [4.69, 9.17) is 0 Å². The van der Waals surface area contributed by atoms with E-state index in [9.17, 15) is 4.39 Å². The standard InChI is InChI=1S/C13H21FN2/c1-4-11-6-5-7-13(14)12(11)10-16(3)9-8-15-2/h5-7,15H,4,8-10H2,1-3H3. The molecule has 0 saturated heterocycles. The summed E-state index contributed by atoms with van der Waals surface area (Å²) in [5.74, 6) is -0.0874. The maximum absolute atomic E-state index is 13.7. The van der Waals surface area contributed by atoms with E-state index in [1.807, 2.05) is 20.2 Å². The molecule has 2 nitrogen and oxygen atoms in total. The Labute approximate surface area is 97.5 Å². The molecular weight excluding hydrogens is 203 g/mol. The molecule has 0 saturated carbocycles. The summed E-state index contributed by atoms with van der Waals surface area (Å²) in [4.78, 5) is 2.13. The first-order valence-corrected chi connectivity index (χ1v) is 5.78. The van der Waals surface area contributed by atoms with Crippen molar-refractivity contribution in [2.24, 2.45) is 0 Å². The quantitative estimate of drug-likeness (QED) is 0.795. The summed E-state index contributed by atoms with van der Waals surface area (Å²) in [5.41, 5.74) is 1.94. The lowest BCUT2D eigenvalue weighted by Gasteiger charge is -2.18. The first-order chi connectivity index (χ1) is 7.69. The van der Waals surface area contributed by atoms with Crippen molar-refractivity contribution in [1.29, 1.82) is 0 Å². The molecule has 0 fully saturated rings. The van der Waals surface area contributed by atoms with Gasteiger partial charge in [-0.15, -0.1) is 0 Å². The molecule has 1 rings (SSSR count). The van der Waals surface area contributed by atoms with Crippen LogP contribution in [0.1, 0.15) is 18.1 Å². The van der Waals surface area contributed by atoms with E-state index in [-0.39, 0.29) is 5.82 Å². The van der Waals surface area contributed by atoms with Crippen LogP contribution in [-0.2, 0) is 13.0 Å². The minimum atomic E-state index is -0.0874. The summed E-state index contributed by atoms with van der Waals surface area (Å²) in [7, 11) is 3.94. The highest BCUT2D eigenvalue weighted by molar-refractivity contribution is 5.28. The van der Waals surface area contributed by atoms with Gasteiger partial charge in [-0.25, -0.2) is 4.39 Å². The van der Waals surface area contributed by atoms with Gasteiger partial charge in [-0.1, -0.05) is 19.1 Å². The van der Waals surface area contributed by atoms with Gasteiger partial charge in [-0.3, -0.25) is 0 Å². The van der Waals surface area contributed by atoms with Crippen LogP contribution in [0, 0.1) is 5.82 Å². The molecule has 1 aromatic carbocycles. The highest BCUT2D eigenvalue weighted by Crippen LogP contribution is 2.15. The zero-order valence-corrected chi connectivity index (χ0v) is 10.4. The molecule has 0 aliphatic rings. The molecule has 3 heteroatoms. The van der Waals surface area contributed by atoms with Crippen LogP contribution in [0.25, 0.3) is 0 Å². The summed E-state index contributed by atoms with van der Waals surface area (Å²) in [6.07, 6.45) is 0.882. The van der Waals surface area contributed by atoms with Gasteiger partial charge in [0.25, 0.3) is 0 Å². The number of benzene rings is 1. The van der Waals surface area contributed by atoms with Crippen molar-refractivity contribution in [1.82, 2.24) is 10.2 Å². The Morgan fingerprint density at radius 2 is 2.12 bits per heavy atom. The van der Waals surface area contributed by atoms with Gasteiger partial charge in [0, 0.05) is 25.2 Å². The molecule has 16 heavy (non-hydrogen) atoms. The van der Waals surface area contributed by atoms with Gasteiger partial charge >= 0.3 is 0 Å². The Morgan fingerprint density at radius 1 is 1.38 bits per heavy atom. The molecule has 1 aromatic rings. The van der Waals surface area contributed by atoms with Gasteiger partial charge in [-0.05, 0) is 32.1 Å². The average molecular weight is 224 g/mol. The third-order valence-electron chi connectivity index (χ3n) is 2.77. The lowest BCUT2D eigenvalue weighted by Crippen LogP contribution is -2.27. The monoisotopic (exact) mass is 224 g/mol. The molecule has 0 aromatic heterocycles. The number of hydrogen-bond donors (Lipinski definition) is 1. The van der Waals surface area contributed by atoms with E-state index in [2.05, 4.69) is 17.1 Å². The maximum Gasteiger partial charge on any atom is 0.127 e. The fourth-order valence-electron chi connectivity index (χ4n) is 1.76. The summed E-state index contributed by atoms with van der Waals surface area (Å²) >= 11 is 0. The van der Waals surface area contributed by atoms with Gasteiger partial charge in [-0.2, -0.15) is 0 Å². The molecule has 0 atom stereocenters. The average Bonchev–Trinajstić information content (AvgIpc) is 2.29. The number of nitrogens with zero attached hydrogens (tertiary/aromatic N) is 1. The summed E-state index contributed by atoms with van der Waals surface area (Å²) in [6.45, 7) is 4.59. The van der Waals surface area contributed by atoms with E-state index in [0.717, 1.165) is 30.6 Å².